The van der Waals surface area contributed by atoms with Gasteiger partial charge in [-0.25, -0.2) is 0 Å². The van der Waals surface area contributed by atoms with E-state index in [4.69, 9.17) is 5.73 Å². The van der Waals surface area contributed by atoms with Crippen molar-refractivity contribution in [1.82, 2.24) is 46.7 Å². The molecule has 0 bridgehead atoms. The molecular weight excluding hydrogens is 1390 g/mol. The predicted octanol–water partition coefficient (Wildman–Crippen LogP) is -6.46. The Morgan fingerprint density at radius 1 is 0.719 bits per heavy atom. The molecule has 1 aliphatic heterocycles. The van der Waals surface area contributed by atoms with E-state index in [2.05, 4.69) is 46.9 Å². The second-order valence-corrected chi connectivity index (χ2v) is 25.1. The molecule has 4 aromatic rings. The van der Waals surface area contributed by atoms with E-state index in [-0.39, 0.29) is 71.0 Å². The van der Waals surface area contributed by atoms with Gasteiger partial charge in [0.2, 0.25) is 35.4 Å². The number of nitrogens with one attached hydrogen (secondary N) is 7. The molecular formula is C62H80InN12O19S2-. The van der Waals surface area contributed by atoms with Crippen LogP contribution in [-0.4, -0.2) is 262 Å². The number of benzene rings is 3. The number of nitrogens with two attached hydrogens (primary N) is 1. The SMILES string of the molecule is CC(O)C(CO)NC(=O)C1CSSCC(NC(=O)C(Cc2ccccc2)N=C([O-])CN(CCN(CCC(C(=O)O)C(=O)O)CC(=O)[O-])CC(=O)[O-])C(=O)NC(Cc2ccccc2)C(=O)NC(Cc2c[nH]c3ccccc23)C(=O)NC(CCCCN)C([O-])=NC(C(C)O)C(=O)N1.[111In+3]. The Labute approximate surface area is 579 Å². The molecule has 1 aliphatic rings. The standard InChI is InChI=1S/C62H84N12O19S2.In/c1-35(76)47(32-75)69-59(88)49-34-95-94-33-48(70-55(84)44(25-37-13-5-3-6-14-37)65-50(78)29-74(31-52(81)82)24-23-73(30-51(79)80)22-20-41(61(90)91)62(92)93)58(87)67-45(26-38-15-7-4-8-16-38)56(85)68-46(27-39-28-64-42-18-10-9-17-40(39)42)57(86)66-43(19-11-12-21-63)54(83)72-53(36(2)77)60(89)71-49;/h3-10,13-18,28,35-36,41,43-49,53,64,75-77H,11-12,19-27,29-34,63H2,1-2H3,(H,65,78)(H,66,86)(H,67,87)(H,68,85)(H,69,88)(H,70,84)(H,71,89)(H,72,83)(H,79,80)(H,81,82)(H,90,91)(H,92,93);/q;+3/p-4/i;1-4. The number of amides is 6. The Morgan fingerprint density at radius 2 is 1.29 bits per heavy atom. The number of aliphatic hydroxyl groups excluding tert-OH is 3. The summed E-state index contributed by atoms with van der Waals surface area (Å²) >= 11 is 0. The zero-order valence-corrected chi connectivity index (χ0v) is 57.7. The fraction of sp³-hybridized carbons (Fsp3) is 0.484. The monoisotopic (exact) mass is 1470 g/mol. The number of carboxylic acid groups (broad SMARTS) is 4. The number of aromatic amines is 1. The maximum absolute atomic E-state index is 15.1. The average molecular weight is 1470 g/mol. The molecule has 0 fully saturated rings. The van der Waals surface area contributed by atoms with Crippen LogP contribution in [0.3, 0.4) is 0 Å². The van der Waals surface area contributed by atoms with Gasteiger partial charge in [-0.3, -0.25) is 58.1 Å². The summed E-state index contributed by atoms with van der Waals surface area (Å²) in [5.41, 5.74) is 7.98. The summed E-state index contributed by atoms with van der Waals surface area (Å²) in [5, 5.41) is 119. The molecule has 10 atom stereocenters. The summed E-state index contributed by atoms with van der Waals surface area (Å²) in [5.74, 6) is -17.7. The number of nitrogens with zero attached hydrogens (tertiary/aromatic N) is 4. The maximum Gasteiger partial charge on any atom is 3.00 e. The van der Waals surface area contributed by atoms with Gasteiger partial charge in [0.25, 0.3) is 0 Å². The summed E-state index contributed by atoms with van der Waals surface area (Å²) in [6, 6.07) is 10.8. The van der Waals surface area contributed by atoms with Gasteiger partial charge < -0.3 is 98.2 Å². The number of H-pyrrole nitrogens is 1. The summed E-state index contributed by atoms with van der Waals surface area (Å²) in [6.07, 6.45) is -2.18. The molecule has 518 valence electrons. The third-order valence-corrected chi connectivity index (χ3v) is 17.5. The van der Waals surface area contributed by atoms with Crippen molar-refractivity contribution in [3.05, 3.63) is 108 Å². The van der Waals surface area contributed by atoms with Crippen molar-refractivity contribution in [3.8, 4) is 0 Å². The van der Waals surface area contributed by atoms with Crippen LogP contribution in [0.1, 0.15) is 56.2 Å². The summed E-state index contributed by atoms with van der Waals surface area (Å²) in [4.78, 5) is 148. The van der Waals surface area contributed by atoms with Gasteiger partial charge in [0.15, 0.2) is 12.0 Å². The van der Waals surface area contributed by atoms with Crippen LogP contribution in [0.5, 0.6) is 0 Å². The normalized spacial score (nSPS) is 20.1. The van der Waals surface area contributed by atoms with Crippen LogP contribution >= 0.6 is 21.6 Å². The molecule has 14 N–H and O–H groups in total. The Morgan fingerprint density at radius 3 is 1.90 bits per heavy atom. The molecule has 0 spiro atoms. The van der Waals surface area contributed by atoms with Gasteiger partial charge in [-0.2, -0.15) is 0 Å². The van der Waals surface area contributed by atoms with E-state index in [0.717, 1.165) is 38.3 Å². The largest absolute Gasteiger partial charge is 3.00 e. The minimum absolute atomic E-state index is 0. The molecule has 31 nitrogen and oxygen atoms in total. The van der Waals surface area contributed by atoms with Crippen molar-refractivity contribution in [2.24, 2.45) is 21.6 Å². The maximum atomic E-state index is 15.1. The van der Waals surface area contributed by atoms with E-state index < -0.39 is 195 Å². The zero-order chi connectivity index (χ0) is 69.7. The third kappa shape index (κ3) is 27.0. The van der Waals surface area contributed by atoms with E-state index >= 15 is 9.59 Å². The van der Waals surface area contributed by atoms with Crippen molar-refractivity contribution < 1.29 is 93.9 Å². The quantitative estimate of drug-likeness (QED) is 0.00711. The molecule has 0 radical (unpaired) electrons. The smallest absolute Gasteiger partial charge is 0.861 e. The minimum Gasteiger partial charge on any atom is -0.861 e. The molecule has 0 aliphatic carbocycles. The van der Waals surface area contributed by atoms with Gasteiger partial charge in [-0.15, -0.1) is 0 Å². The van der Waals surface area contributed by atoms with Gasteiger partial charge >= 0.3 is 37.8 Å². The minimum atomic E-state index is -1.93. The number of aliphatic carboxylic acids is 4. The molecule has 5 rings (SSSR count). The number of hydrogen-bond acceptors (Lipinski definition) is 24. The van der Waals surface area contributed by atoms with Gasteiger partial charge in [-0.1, -0.05) is 100 Å². The fourth-order valence-corrected chi connectivity index (χ4v) is 12.3. The topological polar surface area (TPSA) is 509 Å². The van der Waals surface area contributed by atoms with Crippen molar-refractivity contribution in [3.63, 3.8) is 0 Å². The van der Waals surface area contributed by atoms with Gasteiger partial charge in [0.1, 0.15) is 30.2 Å². The number of unbranched alkanes of at least 4 members (excludes halogenated alkanes) is 1. The Kier molecular flexibility index (Phi) is 34.7. The molecule has 0 saturated heterocycles. The zero-order valence-electron chi connectivity index (χ0n) is 52.7. The number of fused-ring (bicyclic) bond motifs is 1. The number of carboxylic acids is 4. The number of carbonyl (C=O) groups excluding carboxylic acids is 8. The van der Waals surface area contributed by atoms with Crippen LogP contribution in [0.25, 0.3) is 10.9 Å². The molecule has 34 heteroatoms. The molecule has 0 saturated carbocycles. The summed E-state index contributed by atoms with van der Waals surface area (Å²) in [6.45, 7) is -2.00. The molecule has 1 aromatic heterocycles. The first-order chi connectivity index (χ1) is 45.3. The third-order valence-electron chi connectivity index (χ3n) is 15.1. The van der Waals surface area contributed by atoms with Crippen LogP contribution in [0.15, 0.2) is 101 Å². The number of para-hydroxylation sites is 1. The Bertz CT molecular complexity index is 3280. The number of aliphatic imine (C=N–C) groups is 2. The Hall–Kier alpha value is -7.83. The van der Waals surface area contributed by atoms with Crippen LogP contribution in [0.2, 0.25) is 0 Å². The molecule has 3 aromatic carbocycles. The summed E-state index contributed by atoms with van der Waals surface area (Å²) in [7, 11) is 1.70. The van der Waals surface area contributed by atoms with Crippen LogP contribution in [0.4, 0.5) is 0 Å². The Balaban J connectivity index is 0.0000196. The van der Waals surface area contributed by atoms with Gasteiger partial charge in [-0.05, 0) is 87.2 Å². The number of hydrogen-bond donors (Lipinski definition) is 13. The molecule has 6 amide bonds. The number of carbonyl (C=O) groups is 10. The first-order valence-corrected chi connectivity index (χ1v) is 32.9. The predicted molar refractivity (Wildman–Crippen MR) is 347 cm³/mol. The van der Waals surface area contributed by atoms with Crippen molar-refractivity contribution in [2.75, 3.05) is 63.9 Å². The molecule has 10 unspecified atom stereocenters. The van der Waals surface area contributed by atoms with Gasteiger partial charge in [0.05, 0.1) is 42.8 Å². The second-order valence-electron chi connectivity index (χ2n) is 22.6. The van der Waals surface area contributed by atoms with Crippen LogP contribution < -0.4 is 58.1 Å². The number of rotatable bonds is 32. The van der Waals surface area contributed by atoms with E-state index in [1.165, 1.54) is 6.92 Å². The van der Waals surface area contributed by atoms with E-state index in [1.807, 2.05) is 0 Å². The van der Waals surface area contributed by atoms with Gasteiger partial charge in [0, 0.05) is 80.6 Å². The average Bonchev–Trinajstić information content (AvgIpc) is 1.74. The fourth-order valence-electron chi connectivity index (χ4n) is 9.93. The molecule has 2 heterocycles. The van der Waals surface area contributed by atoms with Crippen molar-refractivity contribution in [2.45, 2.75) is 119 Å². The first kappa shape index (κ1) is 80.6. The van der Waals surface area contributed by atoms with E-state index in [0.29, 0.717) is 34.0 Å². The van der Waals surface area contributed by atoms with Crippen molar-refractivity contribution in [1.29, 1.82) is 0 Å². The molecule has 96 heavy (non-hydrogen) atoms. The summed E-state index contributed by atoms with van der Waals surface area (Å²) < 4.78 is 0. The van der Waals surface area contributed by atoms with Crippen LogP contribution in [0, 0.1) is 5.92 Å². The first-order valence-electron chi connectivity index (χ1n) is 30.4. The second kappa shape index (κ2) is 41.3. The van der Waals surface area contributed by atoms with E-state index in [9.17, 15) is 84.3 Å². The van der Waals surface area contributed by atoms with Crippen molar-refractivity contribution >= 4 is 129 Å². The van der Waals surface area contributed by atoms with Crippen LogP contribution in [-0.2, 0) is 67.2 Å². The number of aromatic nitrogens is 1. The number of aliphatic hydroxyl groups is 3. The van der Waals surface area contributed by atoms with E-state index in [1.54, 1.807) is 91.1 Å².